The number of nitrogen functional groups attached to an aromatic ring is 1. The zero-order chi connectivity index (χ0) is 12.5. The minimum atomic E-state index is 0.630. The van der Waals surface area contributed by atoms with Gasteiger partial charge in [-0.05, 0) is 60.1 Å². The predicted molar refractivity (Wildman–Crippen MR) is 77.9 cm³/mol. The first-order valence-corrected chi connectivity index (χ1v) is 6.79. The summed E-state index contributed by atoms with van der Waals surface area (Å²) in [4.78, 5) is 0. The van der Waals surface area contributed by atoms with Crippen molar-refractivity contribution in [2.24, 2.45) is 0 Å². The summed E-state index contributed by atoms with van der Waals surface area (Å²) in [5.41, 5.74) is 11.8. The summed E-state index contributed by atoms with van der Waals surface area (Å²) in [6.45, 7) is 0. The first-order chi connectivity index (χ1) is 8.74. The minimum absolute atomic E-state index is 0.630. The molecule has 2 heteroatoms. The van der Waals surface area contributed by atoms with Gasteiger partial charge in [0.15, 0.2) is 0 Å². The standard InChI is InChI=1S/C16H16ClN/c17-15-10-14(7-8-16(15)18)13-6-5-11-3-1-2-4-12(11)9-13/h5-10H,1-4,18H2. The van der Waals surface area contributed by atoms with Crippen LogP contribution in [0.1, 0.15) is 24.0 Å². The molecule has 0 saturated carbocycles. The molecule has 0 amide bonds. The fourth-order valence-corrected chi connectivity index (χ4v) is 2.80. The average Bonchev–Trinajstić information content (AvgIpc) is 2.41. The molecule has 0 aliphatic heterocycles. The highest BCUT2D eigenvalue weighted by molar-refractivity contribution is 6.33. The van der Waals surface area contributed by atoms with Gasteiger partial charge in [0.25, 0.3) is 0 Å². The number of rotatable bonds is 1. The maximum atomic E-state index is 6.08. The van der Waals surface area contributed by atoms with Crippen LogP contribution in [0, 0.1) is 0 Å². The zero-order valence-electron chi connectivity index (χ0n) is 10.2. The topological polar surface area (TPSA) is 26.0 Å². The molecule has 0 unspecified atom stereocenters. The van der Waals surface area contributed by atoms with E-state index in [9.17, 15) is 0 Å². The molecule has 18 heavy (non-hydrogen) atoms. The molecule has 0 fully saturated rings. The van der Waals surface area contributed by atoms with Crippen LogP contribution in [-0.4, -0.2) is 0 Å². The van der Waals surface area contributed by atoms with Crippen LogP contribution in [-0.2, 0) is 12.8 Å². The highest BCUT2D eigenvalue weighted by Crippen LogP contribution is 2.30. The van der Waals surface area contributed by atoms with E-state index in [1.807, 2.05) is 18.2 Å². The number of anilines is 1. The van der Waals surface area contributed by atoms with Gasteiger partial charge in [-0.3, -0.25) is 0 Å². The van der Waals surface area contributed by atoms with E-state index in [1.165, 1.54) is 42.4 Å². The minimum Gasteiger partial charge on any atom is -0.398 e. The van der Waals surface area contributed by atoms with E-state index in [2.05, 4.69) is 18.2 Å². The molecule has 2 aromatic carbocycles. The van der Waals surface area contributed by atoms with Gasteiger partial charge in [-0.1, -0.05) is 35.9 Å². The second kappa shape index (κ2) is 4.66. The van der Waals surface area contributed by atoms with Crippen LogP contribution >= 0.6 is 11.6 Å². The summed E-state index contributed by atoms with van der Waals surface area (Å²) in [6, 6.07) is 12.6. The van der Waals surface area contributed by atoms with Crippen molar-refractivity contribution in [3.05, 3.63) is 52.5 Å². The van der Waals surface area contributed by atoms with Crippen LogP contribution in [0.2, 0.25) is 5.02 Å². The Bertz CT molecular complexity index is 590. The number of nitrogens with two attached hydrogens (primary N) is 1. The first-order valence-electron chi connectivity index (χ1n) is 6.41. The number of aryl methyl sites for hydroxylation is 2. The fraction of sp³-hybridized carbons (Fsp3) is 0.250. The number of fused-ring (bicyclic) bond motifs is 1. The van der Waals surface area contributed by atoms with Crippen molar-refractivity contribution in [3.8, 4) is 11.1 Å². The van der Waals surface area contributed by atoms with Gasteiger partial charge in [-0.2, -0.15) is 0 Å². The Hall–Kier alpha value is -1.47. The lowest BCUT2D eigenvalue weighted by Gasteiger charge is -2.16. The van der Waals surface area contributed by atoms with Crippen molar-refractivity contribution in [1.82, 2.24) is 0 Å². The van der Waals surface area contributed by atoms with E-state index >= 15 is 0 Å². The Morgan fingerprint density at radius 3 is 2.28 bits per heavy atom. The molecule has 0 bridgehead atoms. The highest BCUT2D eigenvalue weighted by Gasteiger charge is 2.10. The third-order valence-corrected chi connectivity index (χ3v) is 4.01. The van der Waals surface area contributed by atoms with Crippen molar-refractivity contribution >= 4 is 17.3 Å². The Labute approximate surface area is 113 Å². The quantitative estimate of drug-likeness (QED) is 0.750. The normalized spacial score (nSPS) is 14.3. The SMILES string of the molecule is Nc1ccc(-c2ccc3c(c2)CCCC3)cc1Cl. The number of hydrogen-bond donors (Lipinski definition) is 1. The highest BCUT2D eigenvalue weighted by atomic mass is 35.5. The Kier molecular flexibility index (Phi) is 3.00. The zero-order valence-corrected chi connectivity index (χ0v) is 11.0. The van der Waals surface area contributed by atoms with Gasteiger partial charge in [-0.25, -0.2) is 0 Å². The third kappa shape index (κ3) is 2.11. The summed E-state index contributed by atoms with van der Waals surface area (Å²) in [5.74, 6) is 0. The van der Waals surface area contributed by atoms with Crippen LogP contribution in [0.15, 0.2) is 36.4 Å². The van der Waals surface area contributed by atoms with Gasteiger partial charge < -0.3 is 5.73 Å². The molecule has 1 nitrogen and oxygen atoms in total. The van der Waals surface area contributed by atoms with E-state index in [-0.39, 0.29) is 0 Å². The Morgan fingerprint density at radius 2 is 1.50 bits per heavy atom. The lowest BCUT2D eigenvalue weighted by atomic mass is 9.89. The number of hydrogen-bond acceptors (Lipinski definition) is 1. The molecule has 0 aromatic heterocycles. The maximum Gasteiger partial charge on any atom is 0.0641 e. The van der Waals surface area contributed by atoms with Crippen molar-refractivity contribution in [1.29, 1.82) is 0 Å². The summed E-state index contributed by atoms with van der Waals surface area (Å²) in [7, 11) is 0. The summed E-state index contributed by atoms with van der Waals surface area (Å²) in [6.07, 6.45) is 5.04. The van der Waals surface area contributed by atoms with Crippen molar-refractivity contribution in [2.45, 2.75) is 25.7 Å². The summed E-state index contributed by atoms with van der Waals surface area (Å²) in [5, 5.41) is 0.630. The number of benzene rings is 2. The van der Waals surface area contributed by atoms with Gasteiger partial charge in [-0.15, -0.1) is 0 Å². The molecule has 1 aliphatic rings. The molecule has 0 heterocycles. The second-order valence-corrected chi connectivity index (χ2v) is 5.33. The van der Waals surface area contributed by atoms with Crippen molar-refractivity contribution in [2.75, 3.05) is 5.73 Å². The largest absolute Gasteiger partial charge is 0.398 e. The molecule has 2 N–H and O–H groups in total. The van der Waals surface area contributed by atoms with Crippen LogP contribution in [0.4, 0.5) is 5.69 Å². The summed E-state index contributed by atoms with van der Waals surface area (Å²) < 4.78 is 0. The summed E-state index contributed by atoms with van der Waals surface area (Å²) >= 11 is 6.08. The molecule has 2 aromatic rings. The first kappa shape index (κ1) is 11.6. The van der Waals surface area contributed by atoms with Gasteiger partial charge in [0.2, 0.25) is 0 Å². The van der Waals surface area contributed by atoms with Gasteiger partial charge in [0.1, 0.15) is 0 Å². The lowest BCUT2D eigenvalue weighted by Crippen LogP contribution is -2.02. The van der Waals surface area contributed by atoms with Crippen LogP contribution in [0.3, 0.4) is 0 Å². The third-order valence-electron chi connectivity index (χ3n) is 3.68. The van der Waals surface area contributed by atoms with Crippen LogP contribution in [0.25, 0.3) is 11.1 Å². The molecule has 0 atom stereocenters. The molecule has 0 saturated heterocycles. The monoisotopic (exact) mass is 257 g/mol. The van der Waals surface area contributed by atoms with Gasteiger partial charge >= 0.3 is 0 Å². The lowest BCUT2D eigenvalue weighted by molar-refractivity contribution is 0.686. The molecule has 0 spiro atoms. The molecular formula is C16H16ClN. The van der Waals surface area contributed by atoms with Crippen molar-refractivity contribution < 1.29 is 0 Å². The fourth-order valence-electron chi connectivity index (χ4n) is 2.62. The van der Waals surface area contributed by atoms with E-state index in [0.717, 1.165) is 5.56 Å². The van der Waals surface area contributed by atoms with Crippen LogP contribution < -0.4 is 5.73 Å². The van der Waals surface area contributed by atoms with E-state index in [4.69, 9.17) is 17.3 Å². The van der Waals surface area contributed by atoms with E-state index in [0.29, 0.717) is 10.7 Å². The molecule has 0 radical (unpaired) electrons. The van der Waals surface area contributed by atoms with Crippen LogP contribution in [0.5, 0.6) is 0 Å². The molecule has 3 rings (SSSR count). The van der Waals surface area contributed by atoms with Crippen molar-refractivity contribution in [3.63, 3.8) is 0 Å². The van der Waals surface area contributed by atoms with Gasteiger partial charge in [0, 0.05) is 0 Å². The van der Waals surface area contributed by atoms with E-state index in [1.54, 1.807) is 0 Å². The Morgan fingerprint density at radius 1 is 0.833 bits per heavy atom. The maximum absolute atomic E-state index is 6.08. The smallest absolute Gasteiger partial charge is 0.0641 e. The molecule has 92 valence electrons. The number of halogens is 1. The average molecular weight is 258 g/mol. The van der Waals surface area contributed by atoms with Gasteiger partial charge in [0.05, 0.1) is 10.7 Å². The Balaban J connectivity index is 2.03. The second-order valence-electron chi connectivity index (χ2n) is 4.93. The molecular weight excluding hydrogens is 242 g/mol. The predicted octanol–water partition coefficient (Wildman–Crippen LogP) is 4.47. The van der Waals surface area contributed by atoms with E-state index < -0.39 is 0 Å². The molecule has 1 aliphatic carbocycles.